The normalized spacial score (nSPS) is 18.4. The van der Waals surface area contributed by atoms with Crippen LogP contribution in [0.2, 0.25) is 0 Å². The summed E-state index contributed by atoms with van der Waals surface area (Å²) in [5.74, 6) is -0.342. The molecule has 1 aromatic carbocycles. The minimum Gasteiger partial charge on any atom is -0.354 e. The summed E-state index contributed by atoms with van der Waals surface area (Å²) >= 11 is 0. The molecule has 1 fully saturated rings. The summed E-state index contributed by atoms with van der Waals surface area (Å²) in [5.41, 5.74) is 1.33. The molecule has 0 spiro atoms. The first kappa shape index (κ1) is 14.3. The molecular weight excluding hydrogens is 280 g/mol. The predicted octanol–water partition coefficient (Wildman–Crippen LogP) is 1.27. The first-order valence-electron chi connectivity index (χ1n) is 7.43. The molecule has 3 rings (SSSR count). The largest absolute Gasteiger partial charge is 0.354 e. The Hall–Kier alpha value is -2.63. The number of hydrogen-bond acceptors (Lipinski definition) is 3. The Morgan fingerprint density at radius 1 is 1.32 bits per heavy atom. The molecule has 1 unspecified atom stereocenters. The molecule has 1 aromatic heterocycles. The quantitative estimate of drug-likeness (QED) is 0.896. The van der Waals surface area contributed by atoms with Gasteiger partial charge in [-0.3, -0.25) is 9.59 Å². The number of amides is 2. The fourth-order valence-corrected chi connectivity index (χ4v) is 2.53. The van der Waals surface area contributed by atoms with Crippen molar-refractivity contribution in [3.63, 3.8) is 0 Å². The summed E-state index contributed by atoms with van der Waals surface area (Å²) in [5, 5.41) is 9.78. The molecule has 6 heteroatoms. The van der Waals surface area contributed by atoms with Crippen molar-refractivity contribution in [1.82, 2.24) is 20.4 Å². The minimum absolute atomic E-state index is 0.103. The van der Waals surface area contributed by atoms with Gasteiger partial charge in [-0.1, -0.05) is 6.07 Å². The van der Waals surface area contributed by atoms with Crippen LogP contribution in [0.15, 0.2) is 42.7 Å². The zero-order valence-corrected chi connectivity index (χ0v) is 12.2. The second kappa shape index (κ2) is 6.43. The molecule has 0 saturated carbocycles. The predicted molar refractivity (Wildman–Crippen MR) is 81.7 cm³/mol. The van der Waals surface area contributed by atoms with Gasteiger partial charge in [0.25, 0.3) is 5.91 Å². The number of carbonyl (C=O) groups is 2. The third kappa shape index (κ3) is 3.16. The van der Waals surface area contributed by atoms with E-state index in [0.29, 0.717) is 18.5 Å². The number of nitrogens with one attached hydrogen (secondary N) is 2. The van der Waals surface area contributed by atoms with Crippen LogP contribution in [0, 0.1) is 0 Å². The zero-order valence-electron chi connectivity index (χ0n) is 12.2. The monoisotopic (exact) mass is 298 g/mol. The van der Waals surface area contributed by atoms with Gasteiger partial charge in [0.2, 0.25) is 5.91 Å². The van der Waals surface area contributed by atoms with Crippen molar-refractivity contribution in [3.05, 3.63) is 48.3 Å². The maximum atomic E-state index is 12.4. The molecular formula is C16H18N4O2. The molecule has 1 saturated heterocycles. The lowest BCUT2D eigenvalue weighted by Crippen LogP contribution is -2.45. The second-order valence-corrected chi connectivity index (χ2v) is 5.31. The average molecular weight is 298 g/mol. The second-order valence-electron chi connectivity index (χ2n) is 5.31. The molecule has 22 heavy (non-hydrogen) atoms. The van der Waals surface area contributed by atoms with Crippen LogP contribution in [-0.4, -0.2) is 34.2 Å². The fraction of sp³-hybridized carbons (Fsp3) is 0.312. The Kier molecular flexibility index (Phi) is 4.18. The zero-order chi connectivity index (χ0) is 15.4. The lowest BCUT2D eigenvalue weighted by Gasteiger charge is -2.15. The van der Waals surface area contributed by atoms with Crippen molar-refractivity contribution in [2.75, 3.05) is 6.54 Å². The van der Waals surface area contributed by atoms with Crippen molar-refractivity contribution in [1.29, 1.82) is 0 Å². The standard InChI is InChI=1S/C16H18N4O2/c21-15(19-14-7-1-2-8-17-16(14)22)12-5-3-6-13(11-12)20-10-4-9-18-20/h3-6,9-11,14H,1-2,7-8H2,(H,17,22)(H,19,21). The first-order chi connectivity index (χ1) is 10.7. The third-order valence-corrected chi connectivity index (χ3v) is 3.72. The van der Waals surface area contributed by atoms with Gasteiger partial charge in [0.1, 0.15) is 6.04 Å². The number of rotatable bonds is 3. The van der Waals surface area contributed by atoms with Crippen LogP contribution in [0.4, 0.5) is 0 Å². The van der Waals surface area contributed by atoms with Crippen LogP contribution < -0.4 is 10.6 Å². The van der Waals surface area contributed by atoms with E-state index in [1.165, 1.54) is 0 Å². The van der Waals surface area contributed by atoms with E-state index in [0.717, 1.165) is 18.5 Å². The molecule has 0 radical (unpaired) electrons. The third-order valence-electron chi connectivity index (χ3n) is 3.72. The molecule has 1 aliphatic rings. The number of carbonyl (C=O) groups excluding carboxylic acids is 2. The van der Waals surface area contributed by atoms with Crippen LogP contribution in [0.5, 0.6) is 0 Å². The first-order valence-corrected chi connectivity index (χ1v) is 7.43. The van der Waals surface area contributed by atoms with Gasteiger partial charge < -0.3 is 10.6 Å². The molecule has 2 N–H and O–H groups in total. The highest BCUT2D eigenvalue weighted by atomic mass is 16.2. The van der Waals surface area contributed by atoms with E-state index in [9.17, 15) is 9.59 Å². The lowest BCUT2D eigenvalue weighted by atomic mass is 10.1. The summed E-state index contributed by atoms with van der Waals surface area (Å²) < 4.78 is 1.69. The van der Waals surface area contributed by atoms with Gasteiger partial charge in [-0.2, -0.15) is 5.10 Å². The van der Waals surface area contributed by atoms with Crippen molar-refractivity contribution in [2.45, 2.75) is 25.3 Å². The molecule has 114 valence electrons. The lowest BCUT2D eigenvalue weighted by molar-refractivity contribution is -0.122. The average Bonchev–Trinajstić information content (AvgIpc) is 3.00. The van der Waals surface area contributed by atoms with E-state index in [2.05, 4.69) is 15.7 Å². The van der Waals surface area contributed by atoms with Gasteiger partial charge in [0, 0.05) is 24.5 Å². The topological polar surface area (TPSA) is 76.0 Å². The molecule has 1 atom stereocenters. The van der Waals surface area contributed by atoms with Crippen LogP contribution in [-0.2, 0) is 4.79 Å². The molecule has 0 aliphatic carbocycles. The highest BCUT2D eigenvalue weighted by molar-refractivity contribution is 5.98. The fourth-order valence-electron chi connectivity index (χ4n) is 2.53. The van der Waals surface area contributed by atoms with E-state index in [1.54, 1.807) is 29.1 Å². The Labute approximate surface area is 128 Å². The van der Waals surface area contributed by atoms with Crippen molar-refractivity contribution < 1.29 is 9.59 Å². The van der Waals surface area contributed by atoms with Crippen molar-refractivity contribution >= 4 is 11.8 Å². The molecule has 2 aromatic rings. The summed E-state index contributed by atoms with van der Waals surface area (Å²) in [4.78, 5) is 24.3. The Balaban J connectivity index is 1.74. The van der Waals surface area contributed by atoms with E-state index in [4.69, 9.17) is 0 Å². The summed E-state index contributed by atoms with van der Waals surface area (Å²) in [6.07, 6.45) is 6.05. The van der Waals surface area contributed by atoms with Crippen LogP contribution in [0.1, 0.15) is 29.6 Å². The van der Waals surface area contributed by atoms with Crippen LogP contribution >= 0.6 is 0 Å². The molecule has 2 amide bonds. The van der Waals surface area contributed by atoms with E-state index in [-0.39, 0.29) is 11.8 Å². The van der Waals surface area contributed by atoms with Gasteiger partial charge >= 0.3 is 0 Å². The van der Waals surface area contributed by atoms with Gasteiger partial charge in [0.05, 0.1) is 5.69 Å². The van der Waals surface area contributed by atoms with Crippen molar-refractivity contribution in [2.24, 2.45) is 0 Å². The Bertz CT molecular complexity index is 667. The number of aromatic nitrogens is 2. The summed E-state index contributed by atoms with van der Waals surface area (Å²) in [7, 11) is 0. The number of hydrogen-bond donors (Lipinski definition) is 2. The summed E-state index contributed by atoms with van der Waals surface area (Å²) in [6, 6.07) is 8.54. The Morgan fingerprint density at radius 3 is 3.05 bits per heavy atom. The number of benzene rings is 1. The Morgan fingerprint density at radius 2 is 2.23 bits per heavy atom. The minimum atomic E-state index is -0.455. The molecule has 6 nitrogen and oxygen atoms in total. The smallest absolute Gasteiger partial charge is 0.252 e. The highest BCUT2D eigenvalue weighted by Crippen LogP contribution is 2.11. The van der Waals surface area contributed by atoms with E-state index >= 15 is 0 Å². The molecule has 2 heterocycles. The maximum absolute atomic E-state index is 12.4. The molecule has 1 aliphatic heterocycles. The van der Waals surface area contributed by atoms with Gasteiger partial charge in [0.15, 0.2) is 0 Å². The van der Waals surface area contributed by atoms with Crippen molar-refractivity contribution in [3.8, 4) is 5.69 Å². The summed E-state index contributed by atoms with van der Waals surface area (Å²) in [6.45, 7) is 0.681. The van der Waals surface area contributed by atoms with Gasteiger partial charge in [-0.15, -0.1) is 0 Å². The maximum Gasteiger partial charge on any atom is 0.252 e. The van der Waals surface area contributed by atoms with E-state index in [1.807, 2.05) is 18.3 Å². The van der Waals surface area contributed by atoms with Gasteiger partial charge in [-0.05, 0) is 43.5 Å². The molecule has 0 bridgehead atoms. The van der Waals surface area contributed by atoms with Crippen LogP contribution in [0.3, 0.4) is 0 Å². The highest BCUT2D eigenvalue weighted by Gasteiger charge is 2.22. The SMILES string of the molecule is O=C(NC1CCCCNC1=O)c1cccc(-n2cccn2)c1. The van der Waals surface area contributed by atoms with Gasteiger partial charge in [-0.25, -0.2) is 4.68 Å². The van der Waals surface area contributed by atoms with E-state index < -0.39 is 6.04 Å². The van der Waals surface area contributed by atoms with Crippen LogP contribution in [0.25, 0.3) is 5.69 Å². The number of nitrogens with zero attached hydrogens (tertiary/aromatic N) is 2.